The van der Waals surface area contributed by atoms with E-state index in [0.29, 0.717) is 32.6 Å². The predicted octanol–water partition coefficient (Wildman–Crippen LogP) is 3.98. The van der Waals surface area contributed by atoms with E-state index in [1.165, 1.54) is 19.3 Å². The Balaban J connectivity index is 2.05. The van der Waals surface area contributed by atoms with Gasteiger partial charge >= 0.3 is 6.03 Å². The van der Waals surface area contributed by atoms with Crippen LogP contribution in [-0.4, -0.2) is 25.0 Å². The minimum atomic E-state index is -0.833. The van der Waals surface area contributed by atoms with Crippen molar-refractivity contribution in [2.75, 3.05) is 12.0 Å². The van der Waals surface area contributed by atoms with Crippen LogP contribution in [0.3, 0.4) is 0 Å². The van der Waals surface area contributed by atoms with E-state index >= 15 is 0 Å². The van der Waals surface area contributed by atoms with Crippen molar-refractivity contribution in [3.05, 3.63) is 63.1 Å². The second kappa shape index (κ2) is 7.42. The lowest BCUT2D eigenvalue weighted by Crippen LogP contribution is -2.54. The quantitative estimate of drug-likeness (QED) is 0.619. The topological polar surface area (TPSA) is 75.7 Å². The third-order valence-electron chi connectivity index (χ3n) is 4.00. The van der Waals surface area contributed by atoms with E-state index in [1.54, 1.807) is 37.3 Å². The van der Waals surface area contributed by atoms with Crippen LogP contribution in [0.15, 0.2) is 42.0 Å². The second-order valence-electron chi connectivity index (χ2n) is 5.78. The van der Waals surface area contributed by atoms with Gasteiger partial charge in [0.1, 0.15) is 11.3 Å². The molecular weight excluding hydrogens is 391 g/mol. The number of amides is 4. The molecule has 1 aliphatic heterocycles. The molecule has 0 radical (unpaired) electrons. The molecule has 2 aromatic carbocycles. The Kier molecular flexibility index (Phi) is 5.21. The van der Waals surface area contributed by atoms with Gasteiger partial charge in [-0.25, -0.2) is 9.69 Å². The normalized spacial score (nSPS) is 15.9. The molecular formula is C19H14Cl2N2O4. The number of barbiturate groups is 1. The fourth-order valence-electron chi connectivity index (χ4n) is 2.64. The van der Waals surface area contributed by atoms with E-state index < -0.39 is 17.8 Å². The highest BCUT2D eigenvalue weighted by atomic mass is 35.5. The number of methoxy groups -OCH3 is 1. The fraction of sp³-hybridized carbons (Fsp3) is 0.105. The summed E-state index contributed by atoms with van der Waals surface area (Å²) in [5, 5.41) is 2.86. The molecule has 1 aliphatic rings. The number of carbonyl (C=O) groups is 3. The number of carbonyl (C=O) groups excluding carboxylic acids is 3. The van der Waals surface area contributed by atoms with Gasteiger partial charge in [-0.15, -0.1) is 0 Å². The summed E-state index contributed by atoms with van der Waals surface area (Å²) < 4.78 is 5.08. The van der Waals surface area contributed by atoms with E-state index in [4.69, 9.17) is 27.9 Å². The SMILES string of the molecule is COc1ccc(/C=C2\C(=O)NC(=O)N(c3cc(Cl)ccc3C)C2=O)cc1Cl. The van der Waals surface area contributed by atoms with Crippen molar-refractivity contribution in [3.63, 3.8) is 0 Å². The molecule has 1 heterocycles. The maximum atomic E-state index is 12.9. The highest BCUT2D eigenvalue weighted by Crippen LogP contribution is 2.29. The maximum Gasteiger partial charge on any atom is 0.335 e. The first-order valence-corrected chi connectivity index (χ1v) is 8.58. The predicted molar refractivity (Wildman–Crippen MR) is 103 cm³/mol. The van der Waals surface area contributed by atoms with Crippen LogP contribution in [0, 0.1) is 6.92 Å². The number of halogens is 2. The highest BCUT2D eigenvalue weighted by Gasteiger charge is 2.37. The number of aryl methyl sites for hydroxylation is 1. The standard InChI is InChI=1S/C19H14Cl2N2O4/c1-10-3-5-12(20)9-15(10)23-18(25)13(17(24)22-19(23)26)7-11-4-6-16(27-2)14(21)8-11/h3-9H,1-2H3,(H,22,24,26)/b13-7+. The molecule has 0 atom stereocenters. The third kappa shape index (κ3) is 3.67. The molecule has 4 amide bonds. The number of imide groups is 2. The van der Waals surface area contributed by atoms with Crippen LogP contribution in [0.1, 0.15) is 11.1 Å². The average Bonchev–Trinajstić information content (AvgIpc) is 2.61. The molecule has 0 saturated carbocycles. The fourth-order valence-corrected chi connectivity index (χ4v) is 3.07. The van der Waals surface area contributed by atoms with Crippen LogP contribution >= 0.6 is 23.2 Å². The summed E-state index contributed by atoms with van der Waals surface area (Å²) in [5.41, 5.74) is 1.27. The van der Waals surface area contributed by atoms with Gasteiger partial charge in [-0.2, -0.15) is 0 Å². The number of hydrogen-bond donors (Lipinski definition) is 1. The summed E-state index contributed by atoms with van der Waals surface area (Å²) in [7, 11) is 1.48. The lowest BCUT2D eigenvalue weighted by atomic mass is 10.1. The monoisotopic (exact) mass is 404 g/mol. The minimum absolute atomic E-state index is 0.199. The van der Waals surface area contributed by atoms with Crippen molar-refractivity contribution in [3.8, 4) is 5.75 Å². The lowest BCUT2D eigenvalue weighted by molar-refractivity contribution is -0.122. The molecule has 27 heavy (non-hydrogen) atoms. The first-order chi connectivity index (χ1) is 12.8. The minimum Gasteiger partial charge on any atom is -0.495 e. The van der Waals surface area contributed by atoms with Crippen LogP contribution in [0.25, 0.3) is 6.08 Å². The summed E-state index contributed by atoms with van der Waals surface area (Å²) in [6.07, 6.45) is 1.36. The van der Waals surface area contributed by atoms with Gasteiger partial charge in [0.25, 0.3) is 11.8 Å². The second-order valence-corrected chi connectivity index (χ2v) is 6.63. The van der Waals surface area contributed by atoms with E-state index in [-0.39, 0.29) is 5.57 Å². The summed E-state index contributed by atoms with van der Waals surface area (Å²) in [6, 6.07) is 8.80. The summed E-state index contributed by atoms with van der Waals surface area (Å²) in [4.78, 5) is 38.3. The van der Waals surface area contributed by atoms with Crippen molar-refractivity contribution < 1.29 is 19.1 Å². The molecule has 8 heteroatoms. The molecule has 0 aromatic heterocycles. The van der Waals surface area contributed by atoms with Crippen LogP contribution in [0.4, 0.5) is 10.5 Å². The molecule has 0 bridgehead atoms. The van der Waals surface area contributed by atoms with E-state index in [2.05, 4.69) is 5.32 Å². The smallest absolute Gasteiger partial charge is 0.335 e. The molecule has 1 fully saturated rings. The van der Waals surface area contributed by atoms with E-state index in [1.807, 2.05) is 0 Å². The number of ether oxygens (including phenoxy) is 1. The van der Waals surface area contributed by atoms with Crippen LogP contribution in [0.5, 0.6) is 5.75 Å². The number of anilines is 1. The number of benzene rings is 2. The Bertz CT molecular complexity index is 1000. The lowest BCUT2D eigenvalue weighted by Gasteiger charge is -2.27. The van der Waals surface area contributed by atoms with Crippen LogP contribution in [0.2, 0.25) is 10.0 Å². The largest absolute Gasteiger partial charge is 0.495 e. The van der Waals surface area contributed by atoms with Crippen molar-refractivity contribution in [1.82, 2.24) is 5.32 Å². The Labute approximate surface area is 165 Å². The molecule has 0 unspecified atom stereocenters. The van der Waals surface area contributed by atoms with Gasteiger partial charge in [0.15, 0.2) is 0 Å². The number of nitrogens with one attached hydrogen (secondary N) is 1. The number of urea groups is 1. The van der Waals surface area contributed by atoms with Gasteiger partial charge in [0.2, 0.25) is 0 Å². The average molecular weight is 405 g/mol. The Hall–Kier alpha value is -2.83. The number of rotatable bonds is 3. The van der Waals surface area contributed by atoms with Crippen molar-refractivity contribution >= 4 is 52.8 Å². The van der Waals surface area contributed by atoms with Crippen LogP contribution < -0.4 is 15.0 Å². The van der Waals surface area contributed by atoms with Crippen molar-refractivity contribution in [1.29, 1.82) is 0 Å². The Morgan fingerprint density at radius 3 is 2.48 bits per heavy atom. The first kappa shape index (κ1) is 18.9. The maximum absolute atomic E-state index is 12.9. The zero-order valence-electron chi connectivity index (χ0n) is 14.4. The summed E-state index contributed by atoms with van der Waals surface area (Å²) >= 11 is 12.1. The zero-order chi connectivity index (χ0) is 19.7. The summed E-state index contributed by atoms with van der Waals surface area (Å²) in [6.45, 7) is 1.73. The van der Waals surface area contributed by atoms with Crippen molar-refractivity contribution in [2.45, 2.75) is 6.92 Å². The molecule has 1 N–H and O–H groups in total. The number of nitrogens with zero attached hydrogens (tertiary/aromatic N) is 1. The molecule has 2 aromatic rings. The van der Waals surface area contributed by atoms with Gasteiger partial charge in [-0.05, 0) is 48.4 Å². The number of hydrogen-bond acceptors (Lipinski definition) is 4. The van der Waals surface area contributed by atoms with Gasteiger partial charge in [-0.1, -0.05) is 35.3 Å². The van der Waals surface area contributed by atoms with Gasteiger partial charge in [-0.3, -0.25) is 14.9 Å². The zero-order valence-corrected chi connectivity index (χ0v) is 15.9. The van der Waals surface area contributed by atoms with Gasteiger partial charge in [0, 0.05) is 5.02 Å². The summed E-state index contributed by atoms with van der Waals surface area (Å²) in [5.74, 6) is -1.07. The van der Waals surface area contributed by atoms with Gasteiger partial charge in [0.05, 0.1) is 17.8 Å². The Morgan fingerprint density at radius 1 is 1.07 bits per heavy atom. The molecule has 138 valence electrons. The van der Waals surface area contributed by atoms with Crippen LogP contribution in [-0.2, 0) is 9.59 Å². The molecule has 3 rings (SSSR count). The third-order valence-corrected chi connectivity index (χ3v) is 4.53. The first-order valence-electron chi connectivity index (χ1n) is 7.83. The van der Waals surface area contributed by atoms with E-state index in [0.717, 1.165) is 4.90 Å². The Morgan fingerprint density at radius 2 is 1.81 bits per heavy atom. The van der Waals surface area contributed by atoms with E-state index in [9.17, 15) is 14.4 Å². The highest BCUT2D eigenvalue weighted by molar-refractivity contribution is 6.40. The van der Waals surface area contributed by atoms with Crippen molar-refractivity contribution in [2.24, 2.45) is 0 Å². The molecule has 0 aliphatic carbocycles. The molecule has 1 saturated heterocycles. The van der Waals surface area contributed by atoms with Gasteiger partial charge < -0.3 is 4.74 Å². The molecule has 0 spiro atoms. The molecule has 6 nitrogen and oxygen atoms in total.